The number of carbonyl (C=O) groups excluding carboxylic acids is 3. The summed E-state index contributed by atoms with van der Waals surface area (Å²) in [6.45, 7) is 2.65. The number of phosphoric ester groups is 2. The van der Waals surface area contributed by atoms with Crippen molar-refractivity contribution in [3.8, 4) is 0 Å². The van der Waals surface area contributed by atoms with Gasteiger partial charge in [-0.15, -0.1) is 0 Å². The number of hydrogen-bond acceptors (Lipinski definition) is 14. The number of carbonyl (C=O) groups is 3. The van der Waals surface area contributed by atoms with E-state index in [1.807, 2.05) is 0 Å². The number of rotatable bonds is 77. The van der Waals surface area contributed by atoms with Crippen molar-refractivity contribution in [1.82, 2.24) is 0 Å². The van der Waals surface area contributed by atoms with Gasteiger partial charge in [-0.2, -0.15) is 0 Å². The molecule has 0 aromatic heterocycles. The average molecular weight is 1460 g/mol. The van der Waals surface area contributed by atoms with Crippen molar-refractivity contribution in [3.05, 3.63) is 97.2 Å². The van der Waals surface area contributed by atoms with Crippen LogP contribution in [-0.2, 0) is 55.8 Å². The fourth-order valence-electron chi connectivity index (χ4n) is 11.1. The number of allylic oxidation sites excluding steroid dienone is 16. The second-order valence-corrected chi connectivity index (χ2v) is 30.1. The van der Waals surface area contributed by atoms with Crippen molar-refractivity contribution in [2.24, 2.45) is 0 Å². The van der Waals surface area contributed by atoms with Crippen LogP contribution in [0, 0.1) is 0 Å². The van der Waals surface area contributed by atoms with E-state index in [4.69, 9.17) is 32.3 Å². The molecule has 0 rings (SSSR count). The standard InChI is InChI=1S/C83H148O16P2/c1-4-7-10-13-16-19-22-24-26-28-30-32-34-36-37-38-39-41-43-44-46-48-50-52-55-57-60-63-66-69-81(86)93-72-78(84)73-95-100(89,90)96-74-79(85)75-97-101(91,92)98-77-80(99-83(88)71-68-65-62-59-54-21-18-15-12-9-6-3)76-94-82(87)70-67-64-61-58-56-53-51-49-47-45-42-40-35-33-31-29-27-25-23-20-17-14-11-8-5-2/h16-17,19-20,24-27,30-33,36-37,40,42,78-80,84-85H,4-15,18,21-23,28-29,34-35,38-39,41,43-77H2,1-3H3,(H,89,90)(H,91,92)/b19-16-,20-17-,26-24-,27-25-,32-30-,33-31-,37-36-,42-40-. The predicted molar refractivity (Wildman–Crippen MR) is 417 cm³/mol. The van der Waals surface area contributed by atoms with Crippen molar-refractivity contribution in [2.45, 2.75) is 373 Å². The third-order valence-electron chi connectivity index (χ3n) is 17.3. The monoisotopic (exact) mass is 1460 g/mol. The van der Waals surface area contributed by atoms with Crippen LogP contribution in [0.2, 0.25) is 0 Å². The molecule has 16 nitrogen and oxygen atoms in total. The van der Waals surface area contributed by atoms with Crippen LogP contribution in [0.15, 0.2) is 97.2 Å². The van der Waals surface area contributed by atoms with E-state index < -0.39 is 91.5 Å². The second-order valence-electron chi connectivity index (χ2n) is 27.2. The van der Waals surface area contributed by atoms with Gasteiger partial charge in [-0.1, -0.05) is 323 Å². The lowest BCUT2D eigenvalue weighted by Gasteiger charge is -2.21. The molecule has 5 atom stereocenters. The molecule has 0 aliphatic heterocycles. The smallest absolute Gasteiger partial charge is 0.463 e. The van der Waals surface area contributed by atoms with E-state index >= 15 is 0 Å². The van der Waals surface area contributed by atoms with Crippen molar-refractivity contribution < 1.29 is 75.8 Å². The number of hydrogen-bond donors (Lipinski definition) is 4. The van der Waals surface area contributed by atoms with E-state index in [1.54, 1.807) is 0 Å². The quantitative estimate of drug-likeness (QED) is 0.0146. The van der Waals surface area contributed by atoms with Crippen LogP contribution in [-0.4, -0.2) is 95.9 Å². The van der Waals surface area contributed by atoms with Gasteiger partial charge in [0.25, 0.3) is 0 Å². The second kappa shape index (κ2) is 76.1. The molecule has 0 spiro atoms. The molecule has 586 valence electrons. The first-order valence-corrected chi connectivity index (χ1v) is 43.5. The molecule has 0 aliphatic carbocycles. The highest BCUT2D eigenvalue weighted by Crippen LogP contribution is 2.45. The zero-order chi connectivity index (χ0) is 73.7. The van der Waals surface area contributed by atoms with Crippen LogP contribution in [0.25, 0.3) is 0 Å². The van der Waals surface area contributed by atoms with E-state index in [1.165, 1.54) is 173 Å². The van der Waals surface area contributed by atoms with Gasteiger partial charge in [-0.25, -0.2) is 9.13 Å². The summed E-state index contributed by atoms with van der Waals surface area (Å²) >= 11 is 0. The summed E-state index contributed by atoms with van der Waals surface area (Å²) in [5.74, 6) is -1.57. The Morgan fingerprint density at radius 1 is 0.277 bits per heavy atom. The Bertz CT molecular complexity index is 2220. The van der Waals surface area contributed by atoms with Gasteiger partial charge in [0.1, 0.15) is 25.4 Å². The maximum absolute atomic E-state index is 12.9. The molecule has 0 aliphatic rings. The van der Waals surface area contributed by atoms with Gasteiger partial charge in [0, 0.05) is 19.3 Å². The van der Waals surface area contributed by atoms with Gasteiger partial charge in [-0.3, -0.25) is 32.5 Å². The predicted octanol–water partition coefficient (Wildman–Crippen LogP) is 23.8. The summed E-state index contributed by atoms with van der Waals surface area (Å²) < 4.78 is 61.1. The number of ether oxygens (including phenoxy) is 3. The minimum absolute atomic E-state index is 0.106. The molecule has 0 aromatic rings. The Morgan fingerprint density at radius 2 is 0.495 bits per heavy atom. The molecule has 0 radical (unpaired) electrons. The molecule has 5 unspecified atom stereocenters. The lowest BCUT2D eigenvalue weighted by atomic mass is 10.0. The lowest BCUT2D eigenvalue weighted by molar-refractivity contribution is -0.161. The zero-order valence-corrected chi connectivity index (χ0v) is 65.9. The van der Waals surface area contributed by atoms with Crippen molar-refractivity contribution >= 4 is 33.6 Å². The molecule has 0 aromatic carbocycles. The Balaban J connectivity index is 4.43. The van der Waals surface area contributed by atoms with E-state index in [-0.39, 0.29) is 19.3 Å². The number of esters is 3. The van der Waals surface area contributed by atoms with Gasteiger partial charge in [0.05, 0.1) is 26.4 Å². The minimum Gasteiger partial charge on any atom is -0.463 e. The van der Waals surface area contributed by atoms with Gasteiger partial charge in [0.15, 0.2) is 6.10 Å². The minimum atomic E-state index is -4.92. The van der Waals surface area contributed by atoms with Crippen LogP contribution >= 0.6 is 15.6 Å². The largest absolute Gasteiger partial charge is 0.472 e. The van der Waals surface area contributed by atoms with Crippen molar-refractivity contribution in [2.75, 3.05) is 39.6 Å². The Morgan fingerprint density at radius 3 is 0.802 bits per heavy atom. The molecule has 0 fully saturated rings. The fraction of sp³-hybridized carbons (Fsp3) is 0.771. The molecule has 18 heteroatoms. The molecular weight excluding hydrogens is 1310 g/mol. The van der Waals surface area contributed by atoms with Gasteiger partial charge in [0.2, 0.25) is 0 Å². The summed E-state index contributed by atoms with van der Waals surface area (Å²) in [6.07, 6.45) is 87.5. The molecule has 0 amide bonds. The van der Waals surface area contributed by atoms with Crippen LogP contribution in [0.1, 0.15) is 355 Å². The number of aliphatic hydroxyl groups excluding tert-OH is 2. The normalized spacial score (nSPS) is 14.5. The van der Waals surface area contributed by atoms with E-state index in [0.29, 0.717) is 19.3 Å². The SMILES string of the molecule is CCCCC/C=C\C/C=C\C/C=C\C/C=C\CCCCCCCCCCCCCCCC(=O)OCC(O)COP(=O)(O)OCC(O)COP(=O)(O)OCC(COC(=O)CCCCCCCCCCC/C=C\C/C=C\C/C=C\C/C=C\CCCCC)OC(=O)CCCCCCCCCCCCC. The van der Waals surface area contributed by atoms with Crippen LogP contribution < -0.4 is 0 Å². The fourth-order valence-corrected chi connectivity index (χ4v) is 12.7. The summed E-state index contributed by atoms with van der Waals surface area (Å²) in [7, 11) is -9.78. The average Bonchev–Trinajstić information content (AvgIpc) is 0.946. The van der Waals surface area contributed by atoms with Gasteiger partial charge >= 0.3 is 33.6 Å². The van der Waals surface area contributed by atoms with Gasteiger partial charge in [-0.05, 0) is 109 Å². The molecule has 0 saturated heterocycles. The number of aliphatic hydroxyl groups is 2. The summed E-state index contributed by atoms with van der Waals surface area (Å²) in [5.41, 5.74) is 0. The van der Waals surface area contributed by atoms with Gasteiger partial charge < -0.3 is 34.2 Å². The zero-order valence-electron chi connectivity index (χ0n) is 64.1. The van der Waals surface area contributed by atoms with E-state index in [0.717, 1.165) is 122 Å². The highest BCUT2D eigenvalue weighted by atomic mass is 31.2. The van der Waals surface area contributed by atoms with Crippen LogP contribution in [0.3, 0.4) is 0 Å². The Hall–Kier alpha value is -3.53. The van der Waals surface area contributed by atoms with Crippen LogP contribution in [0.4, 0.5) is 0 Å². The molecule has 0 saturated carbocycles. The first-order chi connectivity index (χ1) is 49.2. The molecule has 101 heavy (non-hydrogen) atoms. The van der Waals surface area contributed by atoms with Crippen LogP contribution in [0.5, 0.6) is 0 Å². The van der Waals surface area contributed by atoms with E-state index in [9.17, 15) is 43.5 Å². The molecule has 0 heterocycles. The number of unbranched alkanes of at least 4 members (excludes halogenated alkanes) is 38. The third kappa shape index (κ3) is 77.4. The topological polar surface area (TPSA) is 231 Å². The van der Waals surface area contributed by atoms with Crippen molar-refractivity contribution in [3.63, 3.8) is 0 Å². The Labute approximate surface area is 616 Å². The maximum atomic E-state index is 12.9. The molecular formula is C83H148O16P2. The maximum Gasteiger partial charge on any atom is 0.472 e. The highest BCUT2D eigenvalue weighted by molar-refractivity contribution is 7.47. The number of phosphoric acid groups is 2. The first-order valence-electron chi connectivity index (χ1n) is 40.5. The van der Waals surface area contributed by atoms with Crippen molar-refractivity contribution in [1.29, 1.82) is 0 Å². The summed E-state index contributed by atoms with van der Waals surface area (Å²) in [5, 5.41) is 20.6. The summed E-state index contributed by atoms with van der Waals surface area (Å²) in [6, 6.07) is 0. The third-order valence-corrected chi connectivity index (χ3v) is 19.2. The molecule has 0 bridgehead atoms. The molecule has 4 N–H and O–H groups in total. The van der Waals surface area contributed by atoms with E-state index in [2.05, 4.69) is 118 Å². The Kier molecular flexibility index (Phi) is 73.5. The first kappa shape index (κ1) is 97.5. The summed E-state index contributed by atoms with van der Waals surface area (Å²) in [4.78, 5) is 58.6. The highest BCUT2D eigenvalue weighted by Gasteiger charge is 2.29. The lowest BCUT2D eigenvalue weighted by Crippen LogP contribution is -2.30.